The molecule has 3 atom stereocenters. The zero-order chi connectivity index (χ0) is 13.1. The Morgan fingerprint density at radius 3 is 2.71 bits per heavy atom. The quantitative estimate of drug-likeness (QED) is 0.804. The molecule has 1 aliphatic rings. The van der Waals surface area contributed by atoms with Gasteiger partial charge in [0, 0.05) is 12.1 Å². The molecule has 0 aromatic heterocycles. The largest absolute Gasteiger partial charge is 0.391 e. The van der Waals surface area contributed by atoms with Gasteiger partial charge in [-0.25, -0.2) is 0 Å². The summed E-state index contributed by atoms with van der Waals surface area (Å²) in [6, 6.07) is -0.835. The fraction of sp³-hybridized carbons (Fsp3) is 0.909. The molecule has 1 rings (SSSR count). The van der Waals surface area contributed by atoms with E-state index >= 15 is 0 Å². The summed E-state index contributed by atoms with van der Waals surface area (Å²) in [7, 11) is 0. The lowest BCUT2D eigenvalue weighted by atomic mass is 9.91. The van der Waals surface area contributed by atoms with Gasteiger partial charge in [-0.05, 0) is 33.2 Å². The highest BCUT2D eigenvalue weighted by Crippen LogP contribution is 2.22. The van der Waals surface area contributed by atoms with Gasteiger partial charge in [-0.15, -0.1) is 0 Å². The van der Waals surface area contributed by atoms with Crippen molar-refractivity contribution >= 4 is 5.91 Å². The van der Waals surface area contributed by atoms with Crippen molar-refractivity contribution in [3.05, 3.63) is 0 Å². The van der Waals surface area contributed by atoms with Crippen molar-refractivity contribution in [1.82, 2.24) is 10.6 Å². The van der Waals surface area contributed by atoms with E-state index in [9.17, 15) is 18.0 Å². The maximum absolute atomic E-state index is 12.1. The van der Waals surface area contributed by atoms with Crippen molar-refractivity contribution in [2.45, 2.75) is 51.4 Å². The second kappa shape index (κ2) is 5.71. The van der Waals surface area contributed by atoms with Crippen molar-refractivity contribution < 1.29 is 18.0 Å². The van der Waals surface area contributed by atoms with Crippen LogP contribution in [0.1, 0.15) is 33.1 Å². The molecule has 0 saturated carbocycles. The number of piperidine rings is 1. The van der Waals surface area contributed by atoms with Gasteiger partial charge in [0.05, 0.1) is 12.3 Å². The van der Waals surface area contributed by atoms with Crippen molar-refractivity contribution in [3.63, 3.8) is 0 Å². The van der Waals surface area contributed by atoms with Gasteiger partial charge in [0.1, 0.15) is 0 Å². The summed E-state index contributed by atoms with van der Waals surface area (Å²) >= 11 is 0. The molecule has 100 valence electrons. The first-order valence-corrected chi connectivity index (χ1v) is 5.90. The summed E-state index contributed by atoms with van der Waals surface area (Å²) in [5.74, 6) is -0.499. The van der Waals surface area contributed by atoms with Crippen LogP contribution in [0.2, 0.25) is 0 Å². The Hall–Kier alpha value is -0.780. The number of alkyl halides is 3. The zero-order valence-electron chi connectivity index (χ0n) is 10.1. The minimum Gasteiger partial charge on any atom is -0.353 e. The van der Waals surface area contributed by atoms with Gasteiger partial charge in [0.25, 0.3) is 0 Å². The van der Waals surface area contributed by atoms with E-state index in [1.165, 1.54) is 6.92 Å². The third-order valence-electron chi connectivity index (χ3n) is 3.02. The average Bonchev–Trinajstić information content (AvgIpc) is 2.14. The summed E-state index contributed by atoms with van der Waals surface area (Å²) in [6.07, 6.45) is -3.59. The highest BCUT2D eigenvalue weighted by atomic mass is 19.4. The van der Waals surface area contributed by atoms with Gasteiger partial charge in [-0.2, -0.15) is 13.2 Å². The highest BCUT2D eigenvalue weighted by molar-refractivity contribution is 5.79. The van der Waals surface area contributed by atoms with Gasteiger partial charge in [0.2, 0.25) is 5.91 Å². The van der Waals surface area contributed by atoms with Crippen LogP contribution in [0.4, 0.5) is 13.2 Å². The SMILES string of the molecule is CC(CC(F)(F)F)NC(=O)C1CCCNC1C. The normalized spacial score (nSPS) is 27.6. The highest BCUT2D eigenvalue weighted by Gasteiger charge is 2.33. The molecule has 1 aliphatic heterocycles. The third kappa shape index (κ3) is 4.93. The van der Waals surface area contributed by atoms with E-state index in [4.69, 9.17) is 0 Å². The summed E-state index contributed by atoms with van der Waals surface area (Å²) in [4.78, 5) is 11.8. The van der Waals surface area contributed by atoms with E-state index in [0.29, 0.717) is 0 Å². The maximum Gasteiger partial charge on any atom is 0.391 e. The van der Waals surface area contributed by atoms with Gasteiger partial charge >= 0.3 is 6.18 Å². The van der Waals surface area contributed by atoms with E-state index in [1.54, 1.807) is 0 Å². The molecule has 0 aromatic carbocycles. The van der Waals surface area contributed by atoms with Crippen LogP contribution in [0.5, 0.6) is 0 Å². The van der Waals surface area contributed by atoms with Crippen LogP contribution in [-0.2, 0) is 4.79 Å². The number of carbonyl (C=O) groups excluding carboxylic acids is 1. The van der Waals surface area contributed by atoms with E-state index < -0.39 is 18.6 Å². The smallest absolute Gasteiger partial charge is 0.353 e. The first kappa shape index (κ1) is 14.3. The molecule has 0 aromatic rings. The van der Waals surface area contributed by atoms with Crippen molar-refractivity contribution in [2.24, 2.45) is 5.92 Å². The predicted octanol–water partition coefficient (Wildman–Crippen LogP) is 1.83. The van der Waals surface area contributed by atoms with Crippen LogP contribution in [0.25, 0.3) is 0 Å². The van der Waals surface area contributed by atoms with Crippen molar-refractivity contribution in [1.29, 1.82) is 0 Å². The van der Waals surface area contributed by atoms with E-state index in [2.05, 4.69) is 10.6 Å². The monoisotopic (exact) mass is 252 g/mol. The van der Waals surface area contributed by atoms with E-state index in [0.717, 1.165) is 19.4 Å². The molecule has 6 heteroatoms. The Bertz CT molecular complexity index is 268. The van der Waals surface area contributed by atoms with Crippen LogP contribution in [-0.4, -0.2) is 30.7 Å². The Labute approximate surface area is 99.1 Å². The number of halogens is 3. The Morgan fingerprint density at radius 1 is 1.53 bits per heavy atom. The van der Waals surface area contributed by atoms with Gasteiger partial charge in [-0.3, -0.25) is 4.79 Å². The van der Waals surface area contributed by atoms with Crippen LogP contribution < -0.4 is 10.6 Å². The lowest BCUT2D eigenvalue weighted by Crippen LogP contribution is -2.49. The molecule has 1 saturated heterocycles. The topological polar surface area (TPSA) is 41.1 Å². The summed E-state index contributed by atoms with van der Waals surface area (Å²) in [6.45, 7) is 4.13. The second-order valence-corrected chi connectivity index (χ2v) is 4.72. The molecule has 0 aliphatic carbocycles. The number of carbonyl (C=O) groups is 1. The van der Waals surface area contributed by atoms with Gasteiger partial charge < -0.3 is 10.6 Å². The molecule has 0 radical (unpaired) electrons. The first-order chi connectivity index (χ1) is 7.79. The first-order valence-electron chi connectivity index (χ1n) is 5.90. The summed E-state index contributed by atoms with van der Waals surface area (Å²) in [5, 5.41) is 5.59. The molecule has 17 heavy (non-hydrogen) atoms. The summed E-state index contributed by atoms with van der Waals surface area (Å²) < 4.78 is 36.3. The molecule has 1 amide bonds. The van der Waals surface area contributed by atoms with Crippen LogP contribution in [0, 0.1) is 5.92 Å². The molecule has 0 bridgehead atoms. The minimum absolute atomic E-state index is 0.0295. The number of nitrogens with one attached hydrogen (secondary N) is 2. The number of hydrogen-bond donors (Lipinski definition) is 2. The standard InChI is InChI=1S/C11H19F3N2O/c1-7(6-11(12,13)14)16-10(17)9-4-3-5-15-8(9)2/h7-9,15H,3-6H2,1-2H3,(H,16,17). The van der Waals surface area contributed by atoms with Gasteiger partial charge in [0.15, 0.2) is 0 Å². The van der Waals surface area contributed by atoms with Gasteiger partial charge in [-0.1, -0.05) is 0 Å². The lowest BCUT2D eigenvalue weighted by molar-refractivity contribution is -0.142. The molecule has 1 heterocycles. The Kier molecular flexibility index (Phi) is 4.80. The van der Waals surface area contributed by atoms with Crippen LogP contribution in [0.15, 0.2) is 0 Å². The van der Waals surface area contributed by atoms with Crippen molar-refractivity contribution in [3.8, 4) is 0 Å². The lowest BCUT2D eigenvalue weighted by Gasteiger charge is -2.30. The van der Waals surface area contributed by atoms with E-state index in [-0.39, 0.29) is 17.9 Å². The Morgan fingerprint density at radius 2 is 2.18 bits per heavy atom. The van der Waals surface area contributed by atoms with Crippen molar-refractivity contribution in [2.75, 3.05) is 6.54 Å². The number of hydrogen-bond acceptors (Lipinski definition) is 2. The Balaban J connectivity index is 2.42. The zero-order valence-corrected chi connectivity index (χ0v) is 10.1. The van der Waals surface area contributed by atoms with E-state index in [1.807, 2.05) is 6.92 Å². The molecular formula is C11H19F3N2O. The molecule has 3 nitrogen and oxygen atoms in total. The number of rotatable bonds is 3. The predicted molar refractivity (Wildman–Crippen MR) is 58.5 cm³/mol. The third-order valence-corrected chi connectivity index (χ3v) is 3.02. The molecular weight excluding hydrogens is 233 g/mol. The molecule has 0 spiro atoms. The fourth-order valence-corrected chi connectivity index (χ4v) is 2.15. The second-order valence-electron chi connectivity index (χ2n) is 4.72. The molecule has 3 unspecified atom stereocenters. The average molecular weight is 252 g/mol. The number of amides is 1. The summed E-state index contributed by atoms with van der Waals surface area (Å²) in [5.41, 5.74) is 0. The minimum atomic E-state index is -4.23. The maximum atomic E-state index is 12.1. The molecule has 2 N–H and O–H groups in total. The van der Waals surface area contributed by atoms with Crippen LogP contribution in [0.3, 0.4) is 0 Å². The van der Waals surface area contributed by atoms with Crippen LogP contribution >= 0.6 is 0 Å². The molecule has 1 fully saturated rings. The fourth-order valence-electron chi connectivity index (χ4n) is 2.15.